The summed E-state index contributed by atoms with van der Waals surface area (Å²) in [6.45, 7) is 2.74. The van der Waals surface area contributed by atoms with Gasteiger partial charge in [-0.05, 0) is 62.7 Å². The summed E-state index contributed by atoms with van der Waals surface area (Å²) in [6.07, 6.45) is 1.80. The first kappa shape index (κ1) is 18.3. The molecule has 2 unspecified atom stereocenters. The minimum atomic E-state index is -0.615. The van der Waals surface area contributed by atoms with Crippen molar-refractivity contribution < 1.29 is 15.0 Å². The molecule has 2 aromatic carbocycles. The van der Waals surface area contributed by atoms with Gasteiger partial charge in [0.1, 0.15) is 6.04 Å². The van der Waals surface area contributed by atoms with Crippen molar-refractivity contribution in [2.75, 3.05) is 6.54 Å². The summed E-state index contributed by atoms with van der Waals surface area (Å²) in [5.74, 6) is -0.142. The lowest BCUT2D eigenvalue weighted by atomic mass is 9.97. The van der Waals surface area contributed by atoms with E-state index in [-0.39, 0.29) is 23.6 Å². The molecule has 0 bridgehead atoms. The van der Waals surface area contributed by atoms with Crippen molar-refractivity contribution in [3.05, 3.63) is 75.8 Å². The number of carbonyl (C=O) groups is 1. The average molecular weight is 409 g/mol. The molecule has 6 heteroatoms. The zero-order chi connectivity index (χ0) is 20.3. The van der Waals surface area contributed by atoms with Crippen LogP contribution in [0, 0.1) is 6.92 Å². The van der Waals surface area contributed by atoms with Gasteiger partial charge in [-0.1, -0.05) is 29.3 Å². The number of aromatic nitrogens is 1. The van der Waals surface area contributed by atoms with Gasteiger partial charge < -0.3 is 10.2 Å². The molecule has 0 saturated carbocycles. The van der Waals surface area contributed by atoms with Crippen LogP contribution in [-0.4, -0.2) is 32.0 Å². The first-order chi connectivity index (χ1) is 14.0. The fourth-order valence-corrected chi connectivity index (χ4v) is 4.87. The highest BCUT2D eigenvalue weighted by atomic mass is 35.5. The fourth-order valence-electron chi connectivity index (χ4n) is 4.75. The van der Waals surface area contributed by atoms with Crippen LogP contribution in [0.1, 0.15) is 52.0 Å². The van der Waals surface area contributed by atoms with Gasteiger partial charge in [-0.25, -0.2) is 0 Å². The Kier molecular flexibility index (Phi) is 4.19. The molecular weight excluding hydrogens is 388 g/mol. The zero-order valence-electron chi connectivity index (χ0n) is 16.0. The molecule has 148 valence electrons. The monoisotopic (exact) mass is 408 g/mol. The first-order valence-electron chi connectivity index (χ1n) is 9.76. The third kappa shape index (κ3) is 2.69. The molecule has 0 radical (unpaired) electrons. The van der Waals surface area contributed by atoms with E-state index in [1.807, 2.05) is 31.2 Å². The van der Waals surface area contributed by atoms with Crippen molar-refractivity contribution >= 4 is 17.4 Å². The zero-order valence-corrected chi connectivity index (χ0v) is 16.7. The molecule has 0 amide bonds. The van der Waals surface area contributed by atoms with Gasteiger partial charge in [-0.15, -0.1) is 0 Å². The van der Waals surface area contributed by atoms with Gasteiger partial charge in [-0.3, -0.25) is 14.3 Å². The molecule has 0 spiro atoms. The van der Waals surface area contributed by atoms with E-state index in [9.17, 15) is 15.0 Å². The normalized spacial score (nSPS) is 20.6. The molecule has 5 rings (SSSR count). The second-order valence-electron chi connectivity index (χ2n) is 7.82. The number of halogens is 1. The minimum Gasteiger partial charge on any atom is -0.494 e. The predicted octanol–water partition coefficient (Wildman–Crippen LogP) is 4.92. The third-order valence-electron chi connectivity index (χ3n) is 6.10. The number of aryl methyl sites for hydroxylation is 1. The van der Waals surface area contributed by atoms with Crippen LogP contribution in [0.15, 0.2) is 48.5 Å². The fraction of sp³-hybridized carbons (Fsp3) is 0.261. The molecule has 2 aliphatic rings. The Labute approximate surface area is 173 Å². The summed E-state index contributed by atoms with van der Waals surface area (Å²) in [5.41, 5.74) is 3.49. The smallest absolute Gasteiger partial charge is 0.204 e. The Hall–Kier alpha value is -2.76. The first-order valence-corrected chi connectivity index (χ1v) is 10.1. The van der Waals surface area contributed by atoms with E-state index in [2.05, 4.69) is 4.90 Å². The number of nitrogens with zero attached hydrogens (tertiary/aromatic N) is 2. The number of benzene rings is 2. The number of fused-ring (bicyclic) bond motifs is 3. The predicted molar refractivity (Wildman–Crippen MR) is 111 cm³/mol. The lowest BCUT2D eigenvalue weighted by molar-refractivity contribution is 0.0828. The Bertz CT molecular complexity index is 1100. The van der Waals surface area contributed by atoms with Gasteiger partial charge in [0.05, 0.1) is 5.69 Å². The molecule has 1 aromatic heterocycles. The van der Waals surface area contributed by atoms with E-state index in [0.29, 0.717) is 27.4 Å². The quantitative estimate of drug-likeness (QED) is 0.603. The molecule has 3 aromatic rings. The topological polar surface area (TPSA) is 65.7 Å². The number of ketones is 1. The van der Waals surface area contributed by atoms with Crippen LogP contribution in [0.2, 0.25) is 5.02 Å². The summed E-state index contributed by atoms with van der Waals surface area (Å²) in [6, 6.07) is 13.7. The van der Waals surface area contributed by atoms with Gasteiger partial charge in [0.25, 0.3) is 0 Å². The molecular formula is C23H21ClN2O3. The number of rotatable bonds is 3. The highest BCUT2D eigenvalue weighted by Gasteiger charge is 2.50. The lowest BCUT2D eigenvalue weighted by Gasteiger charge is -2.24. The number of hydrogen-bond acceptors (Lipinski definition) is 4. The standard InChI is InChI=1S/C23H21ClN2O3/c1-13-4-10-16(11-5-13)26-22(28)18-17-3-2-12-25(17)20(19(18)23(26)29)21(27)14-6-8-15(24)9-7-14/h4-11,17,20,28-29H,2-3,12H2,1H3. The van der Waals surface area contributed by atoms with E-state index in [1.54, 1.807) is 24.3 Å². The molecule has 1 saturated heterocycles. The van der Waals surface area contributed by atoms with Crippen molar-refractivity contribution in [1.29, 1.82) is 0 Å². The van der Waals surface area contributed by atoms with Crippen molar-refractivity contribution in [3.8, 4) is 17.4 Å². The summed E-state index contributed by atoms with van der Waals surface area (Å²) in [5, 5.41) is 22.7. The second kappa shape index (κ2) is 6.65. The van der Waals surface area contributed by atoms with Crippen molar-refractivity contribution in [2.24, 2.45) is 0 Å². The second-order valence-corrected chi connectivity index (χ2v) is 8.25. The van der Waals surface area contributed by atoms with Gasteiger partial charge in [0.2, 0.25) is 11.8 Å². The maximum atomic E-state index is 13.4. The van der Waals surface area contributed by atoms with Crippen LogP contribution < -0.4 is 0 Å². The van der Waals surface area contributed by atoms with E-state index in [0.717, 1.165) is 24.9 Å². The molecule has 2 atom stereocenters. The Balaban J connectivity index is 1.66. The van der Waals surface area contributed by atoms with Crippen LogP contribution in [0.25, 0.3) is 5.69 Å². The molecule has 2 N–H and O–H groups in total. The van der Waals surface area contributed by atoms with Crippen molar-refractivity contribution in [1.82, 2.24) is 9.47 Å². The molecule has 5 nitrogen and oxygen atoms in total. The number of Topliss-reactive ketones (excluding diaryl/α,β-unsaturated/α-hetero) is 1. The maximum absolute atomic E-state index is 13.4. The minimum absolute atomic E-state index is 0.0182. The third-order valence-corrected chi connectivity index (χ3v) is 6.35. The molecule has 29 heavy (non-hydrogen) atoms. The van der Waals surface area contributed by atoms with Crippen LogP contribution in [0.5, 0.6) is 11.8 Å². The number of aromatic hydroxyl groups is 2. The van der Waals surface area contributed by atoms with Gasteiger partial charge in [0, 0.05) is 27.8 Å². The summed E-state index contributed by atoms with van der Waals surface area (Å²) in [7, 11) is 0. The highest BCUT2D eigenvalue weighted by Crippen LogP contribution is 2.57. The Morgan fingerprint density at radius 3 is 2.34 bits per heavy atom. The van der Waals surface area contributed by atoms with E-state index in [4.69, 9.17) is 11.6 Å². The molecule has 1 fully saturated rings. The lowest BCUT2D eigenvalue weighted by Crippen LogP contribution is -2.28. The van der Waals surface area contributed by atoms with Gasteiger partial charge in [0.15, 0.2) is 5.78 Å². The summed E-state index contributed by atoms with van der Waals surface area (Å²) < 4.78 is 1.45. The average Bonchev–Trinajstić information content (AvgIpc) is 3.35. The number of hydrogen-bond donors (Lipinski definition) is 2. The molecule has 3 heterocycles. The summed E-state index contributed by atoms with van der Waals surface area (Å²) in [4.78, 5) is 15.5. The van der Waals surface area contributed by atoms with Crippen LogP contribution in [-0.2, 0) is 0 Å². The van der Waals surface area contributed by atoms with E-state index < -0.39 is 6.04 Å². The largest absolute Gasteiger partial charge is 0.494 e. The maximum Gasteiger partial charge on any atom is 0.204 e. The van der Waals surface area contributed by atoms with Crippen LogP contribution >= 0.6 is 11.6 Å². The van der Waals surface area contributed by atoms with Gasteiger partial charge >= 0.3 is 0 Å². The van der Waals surface area contributed by atoms with Crippen LogP contribution in [0.3, 0.4) is 0 Å². The van der Waals surface area contributed by atoms with E-state index >= 15 is 0 Å². The Morgan fingerprint density at radius 2 is 1.66 bits per heavy atom. The van der Waals surface area contributed by atoms with E-state index in [1.165, 1.54) is 4.57 Å². The number of carbonyl (C=O) groups excluding carboxylic acids is 1. The highest BCUT2D eigenvalue weighted by molar-refractivity contribution is 6.30. The van der Waals surface area contributed by atoms with Crippen LogP contribution in [0.4, 0.5) is 0 Å². The molecule has 0 aliphatic carbocycles. The SMILES string of the molecule is Cc1ccc(-n2c(O)c3c(c2O)C(C(=O)c2ccc(Cl)cc2)N2CCCC32)cc1. The summed E-state index contributed by atoms with van der Waals surface area (Å²) >= 11 is 5.98. The van der Waals surface area contributed by atoms with Gasteiger partial charge in [-0.2, -0.15) is 0 Å². The molecule has 2 aliphatic heterocycles. The van der Waals surface area contributed by atoms with Crippen molar-refractivity contribution in [2.45, 2.75) is 31.8 Å². The van der Waals surface area contributed by atoms with Crippen molar-refractivity contribution in [3.63, 3.8) is 0 Å². The Morgan fingerprint density at radius 1 is 1.00 bits per heavy atom.